The summed E-state index contributed by atoms with van der Waals surface area (Å²) in [7, 11) is 1.63. The van der Waals surface area contributed by atoms with Crippen LogP contribution in [0.2, 0.25) is 0 Å². The minimum absolute atomic E-state index is 0.0454. The highest BCUT2D eigenvalue weighted by atomic mass is 32.2. The van der Waals surface area contributed by atoms with Gasteiger partial charge < -0.3 is 15.0 Å². The quantitative estimate of drug-likeness (QED) is 0.577. The zero-order valence-corrected chi connectivity index (χ0v) is 19.2. The lowest BCUT2D eigenvalue weighted by molar-refractivity contribution is -0.139. The summed E-state index contributed by atoms with van der Waals surface area (Å²) in [4.78, 5) is 28.9. The summed E-state index contributed by atoms with van der Waals surface area (Å²) in [5.74, 6) is 0.945. The summed E-state index contributed by atoms with van der Waals surface area (Å²) in [6.07, 6.45) is 5.59. The minimum Gasteiger partial charge on any atom is -0.497 e. The number of carbonyl (C=O) groups excluding carboxylic acids is 2. The number of rotatable bonds is 9. The van der Waals surface area contributed by atoms with Crippen LogP contribution in [0.4, 0.5) is 0 Å². The van der Waals surface area contributed by atoms with Crippen LogP contribution >= 0.6 is 11.8 Å². The van der Waals surface area contributed by atoms with Gasteiger partial charge in [-0.3, -0.25) is 9.59 Å². The van der Waals surface area contributed by atoms with Crippen molar-refractivity contribution in [2.75, 3.05) is 12.9 Å². The summed E-state index contributed by atoms with van der Waals surface area (Å²) < 4.78 is 5.23. The molecule has 0 aromatic heterocycles. The molecule has 5 nitrogen and oxygen atoms in total. The number of hydrogen-bond donors (Lipinski definition) is 1. The van der Waals surface area contributed by atoms with Gasteiger partial charge in [0.05, 0.1) is 12.9 Å². The number of thioether (sulfide) groups is 1. The number of benzene rings is 2. The molecule has 166 valence electrons. The van der Waals surface area contributed by atoms with Crippen LogP contribution < -0.4 is 10.1 Å². The first-order valence-electron chi connectivity index (χ1n) is 11.0. The van der Waals surface area contributed by atoms with E-state index in [-0.39, 0.29) is 17.9 Å². The third-order valence-corrected chi connectivity index (χ3v) is 6.73. The molecule has 2 aromatic carbocycles. The van der Waals surface area contributed by atoms with Gasteiger partial charge in [0, 0.05) is 17.5 Å². The van der Waals surface area contributed by atoms with E-state index in [1.807, 2.05) is 61.5 Å². The fourth-order valence-corrected chi connectivity index (χ4v) is 4.63. The first-order valence-corrected chi connectivity index (χ1v) is 12.0. The van der Waals surface area contributed by atoms with Gasteiger partial charge in [0.2, 0.25) is 11.8 Å². The smallest absolute Gasteiger partial charge is 0.242 e. The number of nitrogens with zero attached hydrogens (tertiary/aromatic N) is 1. The third-order valence-electron chi connectivity index (χ3n) is 5.74. The van der Waals surface area contributed by atoms with E-state index >= 15 is 0 Å². The van der Waals surface area contributed by atoms with E-state index in [1.165, 1.54) is 18.2 Å². The summed E-state index contributed by atoms with van der Waals surface area (Å²) in [6, 6.07) is 17.2. The van der Waals surface area contributed by atoms with Gasteiger partial charge in [0.25, 0.3) is 0 Å². The van der Waals surface area contributed by atoms with Gasteiger partial charge >= 0.3 is 0 Å². The number of ether oxygens (including phenoxy) is 1. The Labute approximate surface area is 189 Å². The second-order valence-corrected chi connectivity index (χ2v) is 9.04. The van der Waals surface area contributed by atoms with Crippen LogP contribution in [0.25, 0.3) is 0 Å². The Morgan fingerprint density at radius 2 is 1.74 bits per heavy atom. The topological polar surface area (TPSA) is 58.6 Å². The van der Waals surface area contributed by atoms with Crippen molar-refractivity contribution in [2.24, 2.45) is 0 Å². The normalized spacial score (nSPS) is 15.2. The van der Waals surface area contributed by atoms with Crippen molar-refractivity contribution in [3.63, 3.8) is 0 Å². The van der Waals surface area contributed by atoms with Gasteiger partial charge in [-0.05, 0) is 49.6 Å². The monoisotopic (exact) mass is 440 g/mol. The van der Waals surface area contributed by atoms with Gasteiger partial charge in [0.1, 0.15) is 11.8 Å². The molecule has 0 saturated heterocycles. The first-order chi connectivity index (χ1) is 15.1. The van der Waals surface area contributed by atoms with E-state index < -0.39 is 6.04 Å². The van der Waals surface area contributed by atoms with Crippen molar-refractivity contribution in [3.8, 4) is 5.75 Å². The number of amides is 2. The Kier molecular flexibility index (Phi) is 8.83. The predicted octanol–water partition coefficient (Wildman–Crippen LogP) is 4.65. The molecule has 0 aliphatic heterocycles. The van der Waals surface area contributed by atoms with Gasteiger partial charge in [-0.2, -0.15) is 0 Å². The molecule has 0 bridgehead atoms. The molecular formula is C25H32N2O3S. The SMILES string of the molecule is COc1ccc(CN(C(=O)CSc2ccccc2)[C@H](C)C(=O)NC2CCCCC2)cc1. The summed E-state index contributed by atoms with van der Waals surface area (Å²) >= 11 is 1.50. The van der Waals surface area contributed by atoms with Crippen LogP contribution in [0.5, 0.6) is 5.75 Å². The molecule has 6 heteroatoms. The molecule has 31 heavy (non-hydrogen) atoms. The van der Waals surface area contributed by atoms with Gasteiger partial charge in [-0.1, -0.05) is 49.6 Å². The third kappa shape index (κ3) is 7.03. The zero-order valence-electron chi connectivity index (χ0n) is 18.4. The van der Waals surface area contributed by atoms with E-state index in [0.717, 1.165) is 41.9 Å². The largest absolute Gasteiger partial charge is 0.497 e. The van der Waals surface area contributed by atoms with Crippen LogP contribution in [0.15, 0.2) is 59.5 Å². The average molecular weight is 441 g/mol. The second-order valence-electron chi connectivity index (χ2n) is 7.99. The number of hydrogen-bond acceptors (Lipinski definition) is 4. The summed E-state index contributed by atoms with van der Waals surface area (Å²) in [5.41, 5.74) is 0.969. The first kappa shape index (κ1) is 23.2. The van der Waals surface area contributed by atoms with Gasteiger partial charge in [-0.15, -0.1) is 11.8 Å². The van der Waals surface area contributed by atoms with Crippen molar-refractivity contribution in [3.05, 3.63) is 60.2 Å². The number of methoxy groups -OCH3 is 1. The van der Waals surface area contributed by atoms with E-state index in [9.17, 15) is 9.59 Å². The fourth-order valence-electron chi connectivity index (χ4n) is 3.82. The van der Waals surface area contributed by atoms with E-state index in [0.29, 0.717) is 12.3 Å². The summed E-state index contributed by atoms with van der Waals surface area (Å²) in [5, 5.41) is 3.17. The molecule has 0 radical (unpaired) electrons. The lowest BCUT2D eigenvalue weighted by Crippen LogP contribution is -2.50. The Bertz CT molecular complexity index is 836. The van der Waals surface area contributed by atoms with Crippen LogP contribution in [0.1, 0.15) is 44.6 Å². The minimum atomic E-state index is -0.534. The van der Waals surface area contributed by atoms with Crippen molar-refractivity contribution in [1.29, 1.82) is 0 Å². The average Bonchev–Trinajstić information content (AvgIpc) is 2.82. The Morgan fingerprint density at radius 3 is 2.39 bits per heavy atom. The van der Waals surface area contributed by atoms with Crippen molar-refractivity contribution in [2.45, 2.75) is 62.6 Å². The highest BCUT2D eigenvalue weighted by Crippen LogP contribution is 2.21. The van der Waals surface area contributed by atoms with E-state index in [1.54, 1.807) is 12.0 Å². The maximum atomic E-state index is 13.2. The molecule has 1 aliphatic carbocycles. The van der Waals surface area contributed by atoms with Crippen LogP contribution in [0.3, 0.4) is 0 Å². The van der Waals surface area contributed by atoms with E-state index in [4.69, 9.17) is 4.74 Å². The molecule has 2 aromatic rings. The highest BCUT2D eigenvalue weighted by Gasteiger charge is 2.28. The van der Waals surface area contributed by atoms with E-state index in [2.05, 4.69) is 5.32 Å². The molecule has 2 amide bonds. The molecule has 1 saturated carbocycles. The van der Waals surface area contributed by atoms with Crippen LogP contribution in [0, 0.1) is 0 Å². The second kappa shape index (κ2) is 11.8. The molecule has 1 atom stereocenters. The fraction of sp³-hybridized carbons (Fsp3) is 0.440. The lowest BCUT2D eigenvalue weighted by Gasteiger charge is -2.31. The lowest BCUT2D eigenvalue weighted by atomic mass is 9.95. The molecule has 0 unspecified atom stereocenters. The standard InChI is InChI=1S/C25H32N2O3S/c1-19(25(29)26-21-9-5-3-6-10-21)27(17-20-13-15-22(30-2)16-14-20)24(28)18-31-23-11-7-4-8-12-23/h4,7-8,11-16,19,21H,3,5-6,9-10,17-18H2,1-2H3,(H,26,29)/t19-/m1/s1. The molecule has 0 spiro atoms. The Hall–Kier alpha value is -2.47. The summed E-state index contributed by atoms with van der Waals surface area (Å²) in [6.45, 7) is 2.21. The molecule has 3 rings (SSSR count). The maximum absolute atomic E-state index is 13.2. The molecule has 1 N–H and O–H groups in total. The van der Waals surface area contributed by atoms with Crippen LogP contribution in [-0.4, -0.2) is 41.7 Å². The van der Waals surface area contributed by atoms with Gasteiger partial charge in [0.15, 0.2) is 0 Å². The molecule has 1 aliphatic rings. The Morgan fingerprint density at radius 1 is 1.06 bits per heavy atom. The molecule has 1 fully saturated rings. The van der Waals surface area contributed by atoms with Crippen molar-refractivity contribution in [1.82, 2.24) is 10.2 Å². The zero-order chi connectivity index (χ0) is 22.1. The number of nitrogens with one attached hydrogen (secondary N) is 1. The van der Waals surface area contributed by atoms with Crippen molar-refractivity contribution >= 4 is 23.6 Å². The van der Waals surface area contributed by atoms with Crippen molar-refractivity contribution < 1.29 is 14.3 Å². The highest BCUT2D eigenvalue weighted by molar-refractivity contribution is 8.00. The maximum Gasteiger partial charge on any atom is 0.242 e. The predicted molar refractivity (Wildman–Crippen MR) is 125 cm³/mol. The van der Waals surface area contributed by atoms with Gasteiger partial charge in [-0.25, -0.2) is 0 Å². The number of carbonyl (C=O) groups is 2. The Balaban J connectivity index is 1.69. The molecule has 0 heterocycles. The molecular weight excluding hydrogens is 408 g/mol. The van der Waals surface area contributed by atoms with Crippen LogP contribution in [-0.2, 0) is 16.1 Å².